The molecule has 1 fully saturated rings. The van der Waals surface area contributed by atoms with E-state index in [0.717, 1.165) is 24.4 Å². The van der Waals surface area contributed by atoms with Crippen molar-refractivity contribution in [3.63, 3.8) is 0 Å². The Morgan fingerprint density at radius 1 is 1.41 bits per heavy atom. The average molecular weight is 316 g/mol. The average Bonchev–Trinajstić information content (AvgIpc) is 3.09. The second-order valence-corrected chi connectivity index (χ2v) is 6.85. The number of carbonyl (C=O) groups excluding carboxylic acids is 2. The van der Waals surface area contributed by atoms with Gasteiger partial charge >= 0.3 is 0 Å². The van der Waals surface area contributed by atoms with Gasteiger partial charge in [-0.15, -0.1) is 17.9 Å². The molecule has 22 heavy (non-hydrogen) atoms. The van der Waals surface area contributed by atoms with Crippen LogP contribution in [0.4, 0.5) is 0 Å². The molecule has 1 aromatic heterocycles. The van der Waals surface area contributed by atoms with Crippen LogP contribution >= 0.6 is 11.3 Å². The predicted octanol–water partition coefficient (Wildman–Crippen LogP) is 2.75. The Balaban J connectivity index is 2.04. The Kier molecular flexibility index (Phi) is 4.16. The fourth-order valence-electron chi connectivity index (χ4n) is 3.19. The molecular formula is C17H20N2O2S. The van der Waals surface area contributed by atoms with Gasteiger partial charge in [0.25, 0.3) is 11.8 Å². The van der Waals surface area contributed by atoms with Gasteiger partial charge in [0.15, 0.2) is 0 Å². The molecule has 3 rings (SSSR count). The molecule has 0 radical (unpaired) electrons. The number of piperidine rings is 1. The topological polar surface area (TPSA) is 40.6 Å². The lowest BCUT2D eigenvalue weighted by Gasteiger charge is -2.33. The van der Waals surface area contributed by atoms with E-state index in [1.807, 2.05) is 17.5 Å². The van der Waals surface area contributed by atoms with Crippen molar-refractivity contribution >= 4 is 28.7 Å². The van der Waals surface area contributed by atoms with Gasteiger partial charge < -0.3 is 4.90 Å². The second kappa shape index (κ2) is 6.08. The first kappa shape index (κ1) is 15.0. The summed E-state index contributed by atoms with van der Waals surface area (Å²) in [7, 11) is 0. The molecule has 2 amide bonds. The first-order chi connectivity index (χ1) is 10.6. The van der Waals surface area contributed by atoms with E-state index in [9.17, 15) is 9.59 Å². The van der Waals surface area contributed by atoms with E-state index < -0.39 is 0 Å². The zero-order valence-electron chi connectivity index (χ0n) is 12.7. The third-order valence-corrected chi connectivity index (χ3v) is 5.08. The van der Waals surface area contributed by atoms with Gasteiger partial charge in [-0.2, -0.15) is 0 Å². The quantitative estimate of drug-likeness (QED) is 0.633. The number of hydrogen-bond donors (Lipinski definition) is 0. The molecular weight excluding hydrogens is 296 g/mol. The molecule has 1 aromatic rings. The van der Waals surface area contributed by atoms with Gasteiger partial charge in [-0.05, 0) is 30.2 Å². The monoisotopic (exact) mass is 316 g/mol. The van der Waals surface area contributed by atoms with Crippen LogP contribution in [0.25, 0.3) is 5.57 Å². The summed E-state index contributed by atoms with van der Waals surface area (Å²) >= 11 is 1.50. The zero-order chi connectivity index (χ0) is 15.7. The lowest BCUT2D eigenvalue weighted by atomic mass is 9.99. The van der Waals surface area contributed by atoms with Crippen molar-refractivity contribution in [3.8, 4) is 0 Å². The minimum atomic E-state index is -0.194. The van der Waals surface area contributed by atoms with Gasteiger partial charge in [0, 0.05) is 24.5 Å². The van der Waals surface area contributed by atoms with Crippen molar-refractivity contribution in [2.75, 3.05) is 19.6 Å². The van der Waals surface area contributed by atoms with Crippen molar-refractivity contribution < 1.29 is 9.59 Å². The highest BCUT2D eigenvalue weighted by Crippen LogP contribution is 2.35. The zero-order valence-corrected chi connectivity index (χ0v) is 13.6. The second-order valence-electron chi connectivity index (χ2n) is 5.90. The standard InChI is InChI=1S/C17H20N2O2S/c1-3-8-19-16(20)14(13-7-5-10-22-13)15(17(19)21)18-9-4-6-12(2)11-18/h3,5,7,10,12H,1,4,6,8-9,11H2,2H3. The summed E-state index contributed by atoms with van der Waals surface area (Å²) in [5.74, 6) is 0.171. The summed E-state index contributed by atoms with van der Waals surface area (Å²) in [5, 5.41) is 1.94. The van der Waals surface area contributed by atoms with Crippen LogP contribution in [0.1, 0.15) is 24.6 Å². The molecule has 3 heterocycles. The lowest BCUT2D eigenvalue weighted by molar-refractivity contribution is -0.137. The largest absolute Gasteiger partial charge is 0.366 e. The fraction of sp³-hybridized carbons (Fsp3) is 0.412. The van der Waals surface area contributed by atoms with E-state index in [1.54, 1.807) is 6.08 Å². The molecule has 0 bridgehead atoms. The molecule has 0 aliphatic carbocycles. The number of hydrogen-bond acceptors (Lipinski definition) is 4. The van der Waals surface area contributed by atoms with Crippen LogP contribution in [0.15, 0.2) is 35.9 Å². The van der Waals surface area contributed by atoms with Crippen molar-refractivity contribution in [2.45, 2.75) is 19.8 Å². The lowest BCUT2D eigenvalue weighted by Crippen LogP contribution is -2.39. The number of nitrogens with zero attached hydrogens (tertiary/aromatic N) is 2. The smallest absolute Gasteiger partial charge is 0.278 e. The van der Waals surface area contributed by atoms with Crippen LogP contribution < -0.4 is 0 Å². The summed E-state index contributed by atoms with van der Waals surface area (Å²) in [5.41, 5.74) is 1.15. The van der Waals surface area contributed by atoms with Crippen molar-refractivity contribution in [3.05, 3.63) is 40.7 Å². The van der Waals surface area contributed by atoms with E-state index in [-0.39, 0.29) is 18.4 Å². The predicted molar refractivity (Wildman–Crippen MR) is 88.1 cm³/mol. The van der Waals surface area contributed by atoms with Crippen LogP contribution in [-0.4, -0.2) is 41.2 Å². The molecule has 2 aliphatic heterocycles. The molecule has 2 aliphatic rings. The third-order valence-electron chi connectivity index (χ3n) is 4.20. The summed E-state index contributed by atoms with van der Waals surface area (Å²) in [6, 6.07) is 3.83. The summed E-state index contributed by atoms with van der Waals surface area (Å²) in [6.07, 6.45) is 3.84. The Labute approximate surface area is 134 Å². The molecule has 0 spiro atoms. The van der Waals surface area contributed by atoms with Gasteiger partial charge in [-0.25, -0.2) is 0 Å². The minimum Gasteiger partial charge on any atom is -0.366 e. The maximum atomic E-state index is 12.8. The van der Waals surface area contributed by atoms with Crippen molar-refractivity contribution in [1.82, 2.24) is 9.80 Å². The van der Waals surface area contributed by atoms with E-state index in [0.29, 0.717) is 17.2 Å². The molecule has 4 nitrogen and oxygen atoms in total. The van der Waals surface area contributed by atoms with Gasteiger partial charge in [0.2, 0.25) is 0 Å². The van der Waals surface area contributed by atoms with Crippen LogP contribution in [-0.2, 0) is 9.59 Å². The Morgan fingerprint density at radius 3 is 2.86 bits per heavy atom. The first-order valence-corrected chi connectivity index (χ1v) is 8.51. The van der Waals surface area contributed by atoms with E-state index in [1.165, 1.54) is 22.7 Å². The maximum absolute atomic E-state index is 12.8. The Morgan fingerprint density at radius 2 is 2.23 bits per heavy atom. The number of thiophene rings is 1. The number of carbonyl (C=O) groups is 2. The molecule has 1 saturated heterocycles. The number of rotatable bonds is 4. The normalized spacial score (nSPS) is 22.7. The molecule has 0 saturated carbocycles. The molecule has 116 valence electrons. The van der Waals surface area contributed by atoms with E-state index in [2.05, 4.69) is 18.4 Å². The summed E-state index contributed by atoms with van der Waals surface area (Å²) in [6.45, 7) is 7.79. The molecule has 0 N–H and O–H groups in total. The first-order valence-electron chi connectivity index (χ1n) is 7.63. The van der Waals surface area contributed by atoms with Crippen LogP contribution in [0, 0.1) is 5.92 Å². The van der Waals surface area contributed by atoms with Crippen molar-refractivity contribution in [2.24, 2.45) is 5.92 Å². The van der Waals surface area contributed by atoms with Crippen LogP contribution in [0.5, 0.6) is 0 Å². The molecule has 1 atom stereocenters. The summed E-state index contributed by atoms with van der Waals surface area (Å²) < 4.78 is 0. The SMILES string of the molecule is C=CCN1C(=O)C(c2cccs2)=C(N2CCCC(C)C2)C1=O. The summed E-state index contributed by atoms with van der Waals surface area (Å²) in [4.78, 5) is 29.8. The highest BCUT2D eigenvalue weighted by Gasteiger charge is 2.41. The van der Waals surface area contributed by atoms with Gasteiger partial charge in [0.1, 0.15) is 5.70 Å². The number of amides is 2. The Hall–Kier alpha value is -1.88. The van der Waals surface area contributed by atoms with Crippen molar-refractivity contribution in [1.29, 1.82) is 0 Å². The molecule has 5 heteroatoms. The minimum absolute atomic E-state index is 0.178. The fourth-order valence-corrected chi connectivity index (χ4v) is 3.95. The van der Waals surface area contributed by atoms with Gasteiger partial charge in [-0.1, -0.05) is 19.1 Å². The number of imide groups is 1. The Bertz CT molecular complexity index is 633. The van der Waals surface area contributed by atoms with Gasteiger partial charge in [0.05, 0.1) is 5.57 Å². The highest BCUT2D eigenvalue weighted by molar-refractivity contribution is 7.11. The van der Waals surface area contributed by atoms with Crippen LogP contribution in [0.3, 0.4) is 0 Å². The number of likely N-dealkylation sites (tertiary alicyclic amines) is 1. The van der Waals surface area contributed by atoms with Gasteiger partial charge in [-0.3, -0.25) is 14.5 Å². The third kappa shape index (κ3) is 2.50. The van der Waals surface area contributed by atoms with E-state index >= 15 is 0 Å². The molecule has 0 aromatic carbocycles. The van der Waals surface area contributed by atoms with E-state index in [4.69, 9.17) is 0 Å². The molecule has 1 unspecified atom stereocenters. The van der Waals surface area contributed by atoms with Crippen LogP contribution in [0.2, 0.25) is 0 Å². The highest BCUT2D eigenvalue weighted by atomic mass is 32.1. The maximum Gasteiger partial charge on any atom is 0.278 e.